The van der Waals surface area contributed by atoms with E-state index in [0.717, 1.165) is 58.4 Å². The molecule has 0 aromatic carbocycles. The lowest BCUT2D eigenvalue weighted by molar-refractivity contribution is -0.129. The normalized spacial score (nSPS) is 22.9. The summed E-state index contributed by atoms with van der Waals surface area (Å²) in [4.78, 5) is 22.2. The molecule has 2 aliphatic heterocycles. The number of hydrogen-bond acceptors (Lipinski definition) is 4. The van der Waals surface area contributed by atoms with Crippen LogP contribution in [0.2, 0.25) is 0 Å². The fraction of sp³-hybridized carbons (Fsp3) is 0.739. The zero-order chi connectivity index (χ0) is 20.0. The van der Waals surface area contributed by atoms with Gasteiger partial charge < -0.3 is 5.32 Å². The lowest BCUT2D eigenvalue weighted by Gasteiger charge is -2.42. The number of likely N-dealkylation sites (tertiary alicyclic amines) is 2. The summed E-state index contributed by atoms with van der Waals surface area (Å²) < 4.78 is 0. The van der Waals surface area contributed by atoms with E-state index in [2.05, 4.69) is 46.9 Å². The molecule has 2 saturated heterocycles. The standard InChI is InChI=1S/C23H38N4O/c1-4-23(3,5-2)25-22(28)20-9-7-13-27(18-20)21-10-14-26(15-11-21)17-19-8-6-12-24-16-19/h6,8,12,16,20-21H,4-5,7,9-11,13-15,17-18H2,1-3H3,(H,25,28). The number of nitrogens with zero attached hydrogens (tertiary/aromatic N) is 3. The maximum Gasteiger partial charge on any atom is 0.224 e. The van der Waals surface area contributed by atoms with Crippen molar-refractivity contribution < 1.29 is 4.79 Å². The predicted octanol–water partition coefficient (Wildman–Crippen LogP) is 3.45. The van der Waals surface area contributed by atoms with Crippen LogP contribution in [0.15, 0.2) is 24.5 Å². The van der Waals surface area contributed by atoms with E-state index in [1.54, 1.807) is 0 Å². The molecule has 2 fully saturated rings. The number of aromatic nitrogens is 1. The van der Waals surface area contributed by atoms with Crippen LogP contribution in [0.5, 0.6) is 0 Å². The minimum Gasteiger partial charge on any atom is -0.351 e. The Morgan fingerprint density at radius 3 is 2.61 bits per heavy atom. The molecular formula is C23H38N4O. The monoisotopic (exact) mass is 386 g/mol. The molecule has 1 N–H and O–H groups in total. The molecule has 28 heavy (non-hydrogen) atoms. The maximum atomic E-state index is 12.9. The van der Waals surface area contributed by atoms with Crippen molar-refractivity contribution in [2.75, 3.05) is 26.2 Å². The van der Waals surface area contributed by atoms with E-state index in [9.17, 15) is 4.79 Å². The Kier molecular flexibility index (Phi) is 7.47. The number of amides is 1. The number of carbonyl (C=O) groups excluding carboxylic acids is 1. The van der Waals surface area contributed by atoms with Gasteiger partial charge in [0.05, 0.1) is 5.92 Å². The molecule has 1 unspecified atom stereocenters. The first-order valence-electron chi connectivity index (χ1n) is 11.2. The minimum absolute atomic E-state index is 0.0585. The zero-order valence-corrected chi connectivity index (χ0v) is 18.0. The summed E-state index contributed by atoms with van der Waals surface area (Å²) in [5.41, 5.74) is 1.24. The highest BCUT2D eigenvalue weighted by Gasteiger charge is 2.33. The van der Waals surface area contributed by atoms with Gasteiger partial charge in [0.2, 0.25) is 5.91 Å². The number of pyridine rings is 1. The van der Waals surface area contributed by atoms with Crippen molar-refractivity contribution in [3.8, 4) is 0 Å². The van der Waals surface area contributed by atoms with Gasteiger partial charge >= 0.3 is 0 Å². The average Bonchev–Trinajstić information content (AvgIpc) is 2.75. The highest BCUT2D eigenvalue weighted by molar-refractivity contribution is 5.79. The molecule has 0 saturated carbocycles. The Labute approximate surface area is 170 Å². The molecule has 5 nitrogen and oxygen atoms in total. The molecule has 1 amide bonds. The van der Waals surface area contributed by atoms with Crippen molar-refractivity contribution in [3.05, 3.63) is 30.1 Å². The van der Waals surface area contributed by atoms with Crippen LogP contribution in [0.3, 0.4) is 0 Å². The van der Waals surface area contributed by atoms with Crippen molar-refractivity contribution in [2.45, 2.75) is 77.4 Å². The molecular weight excluding hydrogens is 348 g/mol. The maximum absolute atomic E-state index is 12.9. The Morgan fingerprint density at radius 1 is 1.21 bits per heavy atom. The van der Waals surface area contributed by atoms with E-state index in [0.29, 0.717) is 6.04 Å². The molecule has 2 aliphatic rings. The van der Waals surface area contributed by atoms with E-state index in [1.807, 2.05) is 18.5 Å². The van der Waals surface area contributed by atoms with Gasteiger partial charge in [-0.1, -0.05) is 19.9 Å². The summed E-state index contributed by atoms with van der Waals surface area (Å²) in [5.74, 6) is 0.421. The van der Waals surface area contributed by atoms with E-state index in [4.69, 9.17) is 0 Å². The molecule has 0 bridgehead atoms. The van der Waals surface area contributed by atoms with Gasteiger partial charge in [-0.2, -0.15) is 0 Å². The number of rotatable bonds is 7. The molecule has 1 aromatic heterocycles. The summed E-state index contributed by atoms with van der Waals surface area (Å²) in [6.45, 7) is 11.8. The molecule has 0 aliphatic carbocycles. The van der Waals surface area contributed by atoms with Crippen LogP contribution in [-0.2, 0) is 11.3 Å². The van der Waals surface area contributed by atoms with Gasteiger partial charge in [0.1, 0.15) is 0 Å². The predicted molar refractivity (Wildman–Crippen MR) is 114 cm³/mol. The van der Waals surface area contributed by atoms with Crippen LogP contribution in [0.25, 0.3) is 0 Å². The quantitative estimate of drug-likeness (QED) is 0.780. The summed E-state index contributed by atoms with van der Waals surface area (Å²) in [5, 5.41) is 3.34. The second-order valence-electron chi connectivity index (χ2n) is 8.96. The van der Waals surface area contributed by atoms with Crippen molar-refractivity contribution in [3.63, 3.8) is 0 Å². The van der Waals surface area contributed by atoms with Gasteiger partial charge in [-0.15, -0.1) is 0 Å². The lowest BCUT2D eigenvalue weighted by Crippen LogP contribution is -2.53. The molecule has 3 heterocycles. The molecule has 156 valence electrons. The van der Waals surface area contributed by atoms with Crippen LogP contribution in [0, 0.1) is 5.92 Å². The Balaban J connectivity index is 1.48. The van der Waals surface area contributed by atoms with Crippen LogP contribution in [0.4, 0.5) is 0 Å². The van der Waals surface area contributed by atoms with Crippen molar-refractivity contribution in [1.29, 1.82) is 0 Å². The largest absolute Gasteiger partial charge is 0.351 e. The van der Waals surface area contributed by atoms with Crippen molar-refractivity contribution in [1.82, 2.24) is 20.1 Å². The number of piperidine rings is 2. The Bertz CT molecular complexity index is 608. The summed E-state index contributed by atoms with van der Waals surface area (Å²) in [7, 11) is 0. The Morgan fingerprint density at radius 2 is 1.96 bits per heavy atom. The number of carbonyl (C=O) groups is 1. The second-order valence-corrected chi connectivity index (χ2v) is 8.96. The van der Waals surface area contributed by atoms with Crippen LogP contribution < -0.4 is 5.32 Å². The second kappa shape index (κ2) is 9.84. The molecule has 3 rings (SSSR count). The van der Waals surface area contributed by atoms with Gasteiger partial charge in [-0.25, -0.2) is 0 Å². The molecule has 1 aromatic rings. The van der Waals surface area contributed by atoms with Gasteiger partial charge in [0.15, 0.2) is 0 Å². The third-order valence-electron chi connectivity index (χ3n) is 7.01. The smallest absolute Gasteiger partial charge is 0.224 e. The van der Waals surface area contributed by atoms with Gasteiger partial charge in [0, 0.05) is 37.1 Å². The van der Waals surface area contributed by atoms with E-state index >= 15 is 0 Å². The fourth-order valence-corrected chi connectivity index (χ4v) is 4.57. The summed E-state index contributed by atoms with van der Waals surface area (Å²) in [6, 6.07) is 4.81. The topological polar surface area (TPSA) is 48.5 Å². The third kappa shape index (κ3) is 5.54. The first-order valence-corrected chi connectivity index (χ1v) is 11.2. The van der Waals surface area contributed by atoms with Crippen molar-refractivity contribution >= 4 is 5.91 Å². The van der Waals surface area contributed by atoms with E-state index < -0.39 is 0 Å². The molecule has 0 radical (unpaired) electrons. The fourth-order valence-electron chi connectivity index (χ4n) is 4.57. The van der Waals surface area contributed by atoms with Gasteiger partial charge in [-0.3, -0.25) is 19.6 Å². The summed E-state index contributed by atoms with van der Waals surface area (Å²) in [6.07, 6.45) is 10.4. The van der Waals surface area contributed by atoms with Crippen LogP contribution >= 0.6 is 0 Å². The first-order chi connectivity index (χ1) is 13.5. The third-order valence-corrected chi connectivity index (χ3v) is 7.01. The van der Waals surface area contributed by atoms with Crippen LogP contribution in [0.1, 0.15) is 64.9 Å². The summed E-state index contributed by atoms with van der Waals surface area (Å²) >= 11 is 0. The lowest BCUT2D eigenvalue weighted by atomic mass is 9.90. The zero-order valence-electron chi connectivity index (χ0n) is 18.0. The molecule has 5 heteroatoms. The highest BCUT2D eigenvalue weighted by atomic mass is 16.2. The van der Waals surface area contributed by atoms with E-state index in [-0.39, 0.29) is 17.4 Å². The van der Waals surface area contributed by atoms with E-state index in [1.165, 1.54) is 18.4 Å². The number of hydrogen-bond donors (Lipinski definition) is 1. The van der Waals surface area contributed by atoms with Gasteiger partial charge in [-0.05, 0) is 76.7 Å². The number of nitrogens with one attached hydrogen (secondary N) is 1. The minimum atomic E-state index is -0.0585. The SMILES string of the molecule is CCC(C)(CC)NC(=O)C1CCCN(C2CCN(Cc3cccnc3)CC2)C1. The average molecular weight is 387 g/mol. The Hall–Kier alpha value is -1.46. The highest BCUT2D eigenvalue weighted by Crippen LogP contribution is 2.25. The molecule has 0 spiro atoms. The molecule has 1 atom stereocenters. The van der Waals surface area contributed by atoms with Crippen molar-refractivity contribution in [2.24, 2.45) is 5.92 Å². The van der Waals surface area contributed by atoms with Crippen LogP contribution in [-0.4, -0.2) is 58.5 Å². The first kappa shape index (κ1) is 21.3. The van der Waals surface area contributed by atoms with Gasteiger partial charge in [0.25, 0.3) is 0 Å².